The van der Waals surface area contributed by atoms with Crippen LogP contribution in [0.25, 0.3) is 11.4 Å². The van der Waals surface area contributed by atoms with Crippen molar-refractivity contribution in [2.45, 2.75) is 19.9 Å². The Labute approximate surface area is 197 Å². The molecular formula is C25H25N7O2. The molecule has 0 bridgehead atoms. The SMILES string of the molecule is COc1c(Nc2cc(Cc3ccc(C)cn3)nc3c2C(=O)N(C)C3)cccc1-c1ncn(C)n1. The number of fused-ring (bicyclic) bond motifs is 1. The summed E-state index contributed by atoms with van der Waals surface area (Å²) in [6.07, 6.45) is 4.06. The zero-order chi connectivity index (χ0) is 23.8. The minimum Gasteiger partial charge on any atom is -0.494 e. The molecule has 9 heteroatoms. The molecule has 9 nitrogen and oxygen atoms in total. The number of carbonyl (C=O) groups is 1. The van der Waals surface area contributed by atoms with Crippen molar-refractivity contribution in [3.8, 4) is 17.1 Å². The fourth-order valence-electron chi connectivity index (χ4n) is 4.11. The van der Waals surface area contributed by atoms with Crippen molar-refractivity contribution in [3.63, 3.8) is 0 Å². The molecule has 0 spiro atoms. The molecule has 1 N–H and O–H groups in total. The predicted octanol–water partition coefficient (Wildman–Crippen LogP) is 3.51. The van der Waals surface area contributed by atoms with E-state index in [1.807, 2.05) is 56.6 Å². The first-order valence-corrected chi connectivity index (χ1v) is 10.9. The summed E-state index contributed by atoms with van der Waals surface area (Å²) in [6.45, 7) is 2.48. The number of benzene rings is 1. The molecule has 0 radical (unpaired) electrons. The van der Waals surface area contributed by atoms with Crippen molar-refractivity contribution in [3.05, 3.63) is 77.1 Å². The number of methoxy groups -OCH3 is 1. The zero-order valence-corrected chi connectivity index (χ0v) is 19.5. The second kappa shape index (κ2) is 8.58. The maximum absolute atomic E-state index is 12.9. The van der Waals surface area contributed by atoms with Gasteiger partial charge in [-0.2, -0.15) is 5.10 Å². The van der Waals surface area contributed by atoms with Crippen LogP contribution in [0.5, 0.6) is 5.75 Å². The maximum Gasteiger partial charge on any atom is 0.257 e. The molecule has 5 rings (SSSR count). The summed E-state index contributed by atoms with van der Waals surface area (Å²) < 4.78 is 7.39. The highest BCUT2D eigenvalue weighted by Crippen LogP contribution is 2.38. The number of amides is 1. The number of rotatable bonds is 6. The maximum atomic E-state index is 12.9. The van der Waals surface area contributed by atoms with Crippen molar-refractivity contribution < 1.29 is 9.53 Å². The van der Waals surface area contributed by atoms with Crippen molar-refractivity contribution in [1.82, 2.24) is 29.6 Å². The van der Waals surface area contributed by atoms with E-state index < -0.39 is 0 Å². The number of para-hydroxylation sites is 1. The lowest BCUT2D eigenvalue weighted by atomic mass is 10.1. The van der Waals surface area contributed by atoms with Crippen LogP contribution in [0.2, 0.25) is 0 Å². The van der Waals surface area contributed by atoms with E-state index in [0.717, 1.165) is 28.2 Å². The Morgan fingerprint density at radius 1 is 1.09 bits per heavy atom. The molecule has 1 aromatic carbocycles. The third kappa shape index (κ3) is 3.96. The number of pyridine rings is 2. The topological polar surface area (TPSA) is 98.1 Å². The Morgan fingerprint density at radius 3 is 2.65 bits per heavy atom. The van der Waals surface area contributed by atoms with Crippen LogP contribution in [0.3, 0.4) is 0 Å². The van der Waals surface area contributed by atoms with Gasteiger partial charge in [-0.3, -0.25) is 19.4 Å². The van der Waals surface area contributed by atoms with Gasteiger partial charge in [-0.1, -0.05) is 12.1 Å². The molecule has 0 saturated heterocycles. The van der Waals surface area contributed by atoms with Crippen molar-refractivity contribution in [2.24, 2.45) is 7.05 Å². The fraction of sp³-hybridized carbons (Fsp3) is 0.240. The van der Waals surface area contributed by atoms with Crippen LogP contribution in [0.15, 0.2) is 48.9 Å². The summed E-state index contributed by atoms with van der Waals surface area (Å²) in [5.41, 5.74) is 6.34. The number of aromatic nitrogens is 5. The Bertz CT molecular complexity index is 1380. The second-order valence-corrected chi connectivity index (χ2v) is 8.40. The van der Waals surface area contributed by atoms with Gasteiger partial charge >= 0.3 is 0 Å². The number of carbonyl (C=O) groups excluding carboxylic acids is 1. The standard InChI is InChI=1S/C25H25N7O2/c1-15-8-9-16(26-12-15)10-17-11-20(22-21(28-17)13-31(2)25(22)33)29-19-7-5-6-18(23(19)34-4)24-27-14-32(3)30-24/h5-9,11-12,14H,10,13H2,1-4H3,(H,28,29). The summed E-state index contributed by atoms with van der Waals surface area (Å²) in [5, 5.41) is 7.84. The number of nitrogens with zero attached hydrogens (tertiary/aromatic N) is 6. The quantitative estimate of drug-likeness (QED) is 0.475. The molecule has 1 aliphatic rings. The number of hydrogen-bond donors (Lipinski definition) is 1. The predicted molar refractivity (Wildman–Crippen MR) is 128 cm³/mol. The number of anilines is 2. The molecule has 172 valence electrons. The van der Waals surface area contributed by atoms with Crippen molar-refractivity contribution >= 4 is 17.3 Å². The van der Waals surface area contributed by atoms with Crippen molar-refractivity contribution in [2.75, 3.05) is 19.5 Å². The van der Waals surface area contributed by atoms with E-state index in [4.69, 9.17) is 9.72 Å². The van der Waals surface area contributed by atoms with Gasteiger partial charge in [0.15, 0.2) is 11.6 Å². The van der Waals surface area contributed by atoms with Crippen LogP contribution in [-0.2, 0) is 20.0 Å². The van der Waals surface area contributed by atoms with Crippen LogP contribution in [0, 0.1) is 6.92 Å². The highest BCUT2D eigenvalue weighted by atomic mass is 16.5. The van der Waals surface area contributed by atoms with E-state index >= 15 is 0 Å². The number of nitrogens with one attached hydrogen (secondary N) is 1. The third-order valence-electron chi connectivity index (χ3n) is 5.76. The molecule has 3 aromatic heterocycles. The van der Waals surface area contributed by atoms with E-state index in [9.17, 15) is 4.79 Å². The second-order valence-electron chi connectivity index (χ2n) is 8.40. The summed E-state index contributed by atoms with van der Waals surface area (Å²) in [6, 6.07) is 11.7. The minimum absolute atomic E-state index is 0.0634. The Morgan fingerprint density at radius 2 is 1.94 bits per heavy atom. The average Bonchev–Trinajstić information content (AvgIpc) is 3.38. The summed E-state index contributed by atoms with van der Waals surface area (Å²) in [7, 11) is 5.21. The van der Waals surface area contributed by atoms with E-state index in [0.29, 0.717) is 41.5 Å². The molecule has 0 aliphatic carbocycles. The lowest BCUT2D eigenvalue weighted by Crippen LogP contribution is -2.18. The fourth-order valence-corrected chi connectivity index (χ4v) is 4.11. The molecule has 0 atom stereocenters. The number of aryl methyl sites for hydroxylation is 2. The summed E-state index contributed by atoms with van der Waals surface area (Å²) in [4.78, 5) is 28.3. The lowest BCUT2D eigenvalue weighted by Gasteiger charge is -2.16. The molecule has 0 fully saturated rings. The van der Waals surface area contributed by atoms with Gasteiger partial charge in [-0.05, 0) is 36.8 Å². The van der Waals surface area contributed by atoms with Gasteiger partial charge in [0, 0.05) is 38.1 Å². The van der Waals surface area contributed by atoms with Crippen LogP contribution in [-0.4, -0.2) is 49.7 Å². The van der Waals surface area contributed by atoms with E-state index in [1.165, 1.54) is 0 Å². The van der Waals surface area contributed by atoms with Gasteiger partial charge < -0.3 is 15.0 Å². The first-order chi connectivity index (χ1) is 16.4. The summed E-state index contributed by atoms with van der Waals surface area (Å²) in [5.74, 6) is 1.09. The summed E-state index contributed by atoms with van der Waals surface area (Å²) >= 11 is 0. The Balaban J connectivity index is 1.56. The van der Waals surface area contributed by atoms with E-state index in [1.54, 1.807) is 30.1 Å². The first kappa shape index (κ1) is 21.6. The van der Waals surface area contributed by atoms with Crippen LogP contribution in [0.1, 0.15) is 33.0 Å². The smallest absolute Gasteiger partial charge is 0.257 e. The average molecular weight is 456 g/mol. The largest absolute Gasteiger partial charge is 0.494 e. The normalized spacial score (nSPS) is 12.7. The zero-order valence-electron chi connectivity index (χ0n) is 19.5. The van der Waals surface area contributed by atoms with Crippen LogP contribution in [0.4, 0.5) is 11.4 Å². The molecule has 34 heavy (non-hydrogen) atoms. The number of hydrogen-bond acceptors (Lipinski definition) is 7. The highest BCUT2D eigenvalue weighted by molar-refractivity contribution is 6.03. The van der Waals surface area contributed by atoms with Crippen LogP contribution >= 0.6 is 0 Å². The van der Waals surface area contributed by atoms with Gasteiger partial charge in [-0.25, -0.2) is 4.98 Å². The highest BCUT2D eigenvalue weighted by Gasteiger charge is 2.30. The molecule has 0 unspecified atom stereocenters. The molecule has 4 heterocycles. The molecular weight excluding hydrogens is 430 g/mol. The Kier molecular flexibility index (Phi) is 5.45. The molecule has 0 saturated carbocycles. The third-order valence-corrected chi connectivity index (χ3v) is 5.76. The van der Waals surface area contributed by atoms with Gasteiger partial charge in [0.05, 0.1) is 41.9 Å². The van der Waals surface area contributed by atoms with Crippen molar-refractivity contribution in [1.29, 1.82) is 0 Å². The lowest BCUT2D eigenvalue weighted by molar-refractivity contribution is 0.0817. The van der Waals surface area contributed by atoms with Gasteiger partial charge in [0.1, 0.15) is 6.33 Å². The van der Waals surface area contributed by atoms with Gasteiger partial charge in [-0.15, -0.1) is 0 Å². The first-order valence-electron chi connectivity index (χ1n) is 10.9. The minimum atomic E-state index is -0.0634. The van der Waals surface area contributed by atoms with Crippen LogP contribution < -0.4 is 10.1 Å². The number of ether oxygens (including phenoxy) is 1. The Hall–Kier alpha value is -4.27. The van der Waals surface area contributed by atoms with E-state index in [2.05, 4.69) is 20.4 Å². The van der Waals surface area contributed by atoms with E-state index in [-0.39, 0.29) is 5.91 Å². The molecule has 1 aliphatic heterocycles. The molecule has 4 aromatic rings. The monoisotopic (exact) mass is 455 g/mol. The van der Waals surface area contributed by atoms with Gasteiger partial charge in [0.2, 0.25) is 0 Å². The van der Waals surface area contributed by atoms with Gasteiger partial charge in [0.25, 0.3) is 5.91 Å². The molecule has 1 amide bonds.